The summed E-state index contributed by atoms with van der Waals surface area (Å²) in [5.41, 5.74) is -0.249. The normalized spacial score (nSPS) is 50.6. The largest absolute Gasteiger partial charge is 0.460 e. The maximum Gasteiger partial charge on any atom is 0.303 e. The molecular formula is C21H32O3. The minimum atomic E-state index is -0.244. The summed E-state index contributed by atoms with van der Waals surface area (Å²) in [4.78, 5) is 23.9. The van der Waals surface area contributed by atoms with Crippen molar-refractivity contribution in [1.82, 2.24) is 0 Å². The van der Waals surface area contributed by atoms with Gasteiger partial charge in [0.15, 0.2) is 0 Å². The van der Waals surface area contributed by atoms with Crippen molar-refractivity contribution < 1.29 is 14.3 Å². The van der Waals surface area contributed by atoms with Crippen LogP contribution in [0.15, 0.2) is 0 Å². The van der Waals surface area contributed by atoms with Crippen molar-refractivity contribution in [3.63, 3.8) is 0 Å². The molecule has 4 aliphatic carbocycles. The van der Waals surface area contributed by atoms with Gasteiger partial charge in [-0.05, 0) is 87.9 Å². The number of carbonyl (C=O) groups excluding carboxylic acids is 2. The van der Waals surface area contributed by atoms with E-state index in [1.165, 1.54) is 32.6 Å². The molecule has 4 rings (SSSR count). The van der Waals surface area contributed by atoms with E-state index in [2.05, 4.69) is 13.8 Å². The Morgan fingerprint density at radius 1 is 1.00 bits per heavy atom. The Kier molecular flexibility index (Phi) is 3.85. The highest BCUT2D eigenvalue weighted by molar-refractivity contribution is 5.87. The van der Waals surface area contributed by atoms with Crippen LogP contribution in [0.2, 0.25) is 0 Å². The minimum Gasteiger partial charge on any atom is -0.460 e. The van der Waals surface area contributed by atoms with E-state index in [0.29, 0.717) is 17.6 Å². The maximum absolute atomic E-state index is 12.4. The Hall–Kier alpha value is -0.860. The van der Waals surface area contributed by atoms with E-state index in [1.807, 2.05) is 0 Å². The van der Waals surface area contributed by atoms with Crippen molar-refractivity contribution in [3.05, 3.63) is 0 Å². The molecule has 3 heteroatoms. The first-order valence-corrected chi connectivity index (χ1v) is 10.1. The van der Waals surface area contributed by atoms with Gasteiger partial charge in [0.2, 0.25) is 0 Å². The summed E-state index contributed by atoms with van der Waals surface area (Å²) < 4.78 is 5.68. The summed E-state index contributed by atoms with van der Waals surface area (Å²) >= 11 is 0. The number of hydrogen-bond donors (Lipinski definition) is 0. The summed E-state index contributed by atoms with van der Waals surface area (Å²) in [5, 5.41) is 0. The Labute approximate surface area is 145 Å². The molecule has 4 fully saturated rings. The van der Waals surface area contributed by atoms with Gasteiger partial charge in [-0.1, -0.05) is 6.92 Å². The molecule has 0 N–H and O–H groups in total. The Morgan fingerprint density at radius 3 is 2.50 bits per heavy atom. The van der Waals surface area contributed by atoms with Crippen LogP contribution in [0.3, 0.4) is 0 Å². The Bertz CT molecular complexity index is 555. The molecule has 24 heavy (non-hydrogen) atoms. The number of hydrogen-bond acceptors (Lipinski definition) is 3. The number of esters is 1. The van der Waals surface area contributed by atoms with Gasteiger partial charge in [0.05, 0.1) is 0 Å². The van der Waals surface area contributed by atoms with Gasteiger partial charge in [-0.3, -0.25) is 9.59 Å². The van der Waals surface area contributed by atoms with Crippen LogP contribution in [0.25, 0.3) is 0 Å². The van der Waals surface area contributed by atoms with Gasteiger partial charge < -0.3 is 4.74 Å². The van der Waals surface area contributed by atoms with E-state index in [1.54, 1.807) is 0 Å². The molecule has 0 aliphatic heterocycles. The van der Waals surface area contributed by atoms with E-state index < -0.39 is 0 Å². The molecule has 0 radical (unpaired) electrons. The lowest BCUT2D eigenvalue weighted by molar-refractivity contribution is -0.166. The molecule has 3 nitrogen and oxygen atoms in total. The monoisotopic (exact) mass is 332 g/mol. The van der Waals surface area contributed by atoms with Crippen LogP contribution >= 0.6 is 0 Å². The molecule has 0 spiro atoms. The van der Waals surface area contributed by atoms with Crippen LogP contribution in [0, 0.1) is 35.0 Å². The van der Waals surface area contributed by atoms with Gasteiger partial charge in [-0.25, -0.2) is 0 Å². The highest BCUT2D eigenvalue weighted by atomic mass is 16.6. The molecule has 7 unspecified atom stereocenters. The van der Waals surface area contributed by atoms with E-state index in [9.17, 15) is 9.59 Å². The van der Waals surface area contributed by atoms with Crippen LogP contribution in [0.4, 0.5) is 0 Å². The molecular weight excluding hydrogens is 300 g/mol. The van der Waals surface area contributed by atoms with E-state index in [0.717, 1.165) is 49.9 Å². The van der Waals surface area contributed by atoms with Crippen molar-refractivity contribution in [2.75, 3.05) is 0 Å². The molecule has 0 bridgehead atoms. The molecule has 7 atom stereocenters. The summed E-state index contributed by atoms with van der Waals surface area (Å²) in [6.07, 6.45) is 10.1. The molecule has 134 valence electrons. The molecule has 0 aromatic carbocycles. The highest BCUT2D eigenvalue weighted by Crippen LogP contribution is 2.62. The predicted molar refractivity (Wildman–Crippen MR) is 92.3 cm³/mol. The predicted octanol–water partition coefficient (Wildman–Crippen LogP) is 4.53. The molecule has 0 heterocycles. The number of fused-ring (bicyclic) bond motifs is 5. The number of rotatable bonds is 1. The second-order valence-corrected chi connectivity index (χ2v) is 9.64. The lowest BCUT2D eigenvalue weighted by Gasteiger charge is -2.56. The zero-order valence-electron chi connectivity index (χ0n) is 15.5. The van der Waals surface area contributed by atoms with Crippen LogP contribution in [-0.2, 0) is 14.3 Å². The maximum atomic E-state index is 12.4. The van der Waals surface area contributed by atoms with E-state index >= 15 is 0 Å². The first-order valence-electron chi connectivity index (χ1n) is 10.1. The average Bonchev–Trinajstić information content (AvgIpc) is 2.81. The molecule has 4 saturated carbocycles. The minimum absolute atomic E-state index is 0.00503. The lowest BCUT2D eigenvalue weighted by Crippen LogP contribution is -2.51. The van der Waals surface area contributed by atoms with Crippen LogP contribution in [0.1, 0.15) is 78.6 Å². The second kappa shape index (κ2) is 5.57. The van der Waals surface area contributed by atoms with Crippen molar-refractivity contribution in [1.29, 1.82) is 0 Å². The highest BCUT2D eigenvalue weighted by Gasteiger charge is 2.57. The number of ether oxygens (including phenoxy) is 1. The van der Waals surface area contributed by atoms with Gasteiger partial charge >= 0.3 is 5.97 Å². The molecule has 0 aromatic rings. The van der Waals surface area contributed by atoms with Crippen molar-refractivity contribution in [2.24, 2.45) is 35.0 Å². The molecule has 0 aromatic heterocycles. The third-order valence-electron chi connectivity index (χ3n) is 8.32. The summed E-state index contributed by atoms with van der Waals surface area (Å²) in [6.45, 7) is 5.92. The van der Waals surface area contributed by atoms with E-state index in [4.69, 9.17) is 4.74 Å². The van der Waals surface area contributed by atoms with Crippen molar-refractivity contribution in [3.8, 4) is 0 Å². The molecule has 0 amide bonds. The van der Waals surface area contributed by atoms with Crippen LogP contribution in [-0.4, -0.2) is 17.4 Å². The Morgan fingerprint density at radius 2 is 1.75 bits per heavy atom. The van der Waals surface area contributed by atoms with Crippen LogP contribution < -0.4 is 0 Å². The van der Waals surface area contributed by atoms with Gasteiger partial charge in [-0.15, -0.1) is 0 Å². The first-order chi connectivity index (χ1) is 11.3. The summed E-state index contributed by atoms with van der Waals surface area (Å²) in [6, 6.07) is 0. The van der Waals surface area contributed by atoms with Gasteiger partial charge in [0, 0.05) is 18.8 Å². The van der Waals surface area contributed by atoms with Gasteiger partial charge in [-0.2, -0.15) is 0 Å². The summed E-state index contributed by atoms with van der Waals surface area (Å²) in [5.74, 6) is 4.15. The zero-order chi connectivity index (χ0) is 17.1. The standard InChI is InChI=1S/C21H32O3/c1-13(22)24-20(2)10-8-15-14(12-20)4-5-17-16(15)9-11-21(3)18(17)6-7-19(21)23/h14-18H,4-12H2,1-3H3. The second-order valence-electron chi connectivity index (χ2n) is 9.64. The quantitative estimate of drug-likeness (QED) is 0.663. The molecule has 4 aliphatic rings. The van der Waals surface area contributed by atoms with E-state index in [-0.39, 0.29) is 17.0 Å². The third-order valence-corrected chi connectivity index (χ3v) is 8.32. The third kappa shape index (κ3) is 2.45. The fraction of sp³-hybridized carbons (Fsp3) is 0.905. The van der Waals surface area contributed by atoms with Crippen molar-refractivity contribution >= 4 is 11.8 Å². The first kappa shape index (κ1) is 16.6. The smallest absolute Gasteiger partial charge is 0.303 e. The average molecular weight is 332 g/mol. The van der Waals surface area contributed by atoms with Crippen molar-refractivity contribution in [2.45, 2.75) is 84.2 Å². The number of Topliss-reactive ketones (excluding diaryl/α,β-unsaturated/α-hetero) is 1. The fourth-order valence-corrected chi connectivity index (χ4v) is 7.28. The fourth-order valence-electron chi connectivity index (χ4n) is 7.28. The Balaban J connectivity index is 1.51. The summed E-state index contributed by atoms with van der Waals surface area (Å²) in [7, 11) is 0. The molecule has 0 saturated heterocycles. The van der Waals surface area contributed by atoms with Gasteiger partial charge in [0.25, 0.3) is 0 Å². The van der Waals surface area contributed by atoms with Crippen LogP contribution in [0.5, 0.6) is 0 Å². The topological polar surface area (TPSA) is 43.4 Å². The van der Waals surface area contributed by atoms with Gasteiger partial charge in [0.1, 0.15) is 11.4 Å². The lowest BCUT2D eigenvalue weighted by atomic mass is 9.50. The zero-order valence-corrected chi connectivity index (χ0v) is 15.5. The number of ketones is 1. The number of carbonyl (C=O) groups is 2. The SMILES string of the molecule is CC(=O)OC1(C)CCC2C(CCC3C2CCC2(C)C(=O)CCC32)C1.